The molecule has 2 amide bonds. The van der Waals surface area contributed by atoms with Gasteiger partial charge in [-0.3, -0.25) is 19.8 Å². The van der Waals surface area contributed by atoms with E-state index in [9.17, 15) is 9.59 Å². The largest absolute Gasteiger partial charge is 0.318 e. The summed E-state index contributed by atoms with van der Waals surface area (Å²) in [6.07, 6.45) is 4.90. The average molecular weight is 486 g/mol. The molecule has 5 nitrogen and oxygen atoms in total. The standard InChI is InChI=1S/C29H31N3O2S/c1-6-7-8-22-9-11-24(12-10-22)32-28(34)26(27(33)30-29(32)35)17-23-16-20(4)31(21(23)5)25-14-18(2)13-19(3)15-25/h9-17H,6-8H2,1-5H3,(H,30,33,35)/b26-17+. The van der Waals surface area contributed by atoms with Gasteiger partial charge in [0.25, 0.3) is 11.8 Å². The topological polar surface area (TPSA) is 54.3 Å². The van der Waals surface area contributed by atoms with Gasteiger partial charge in [-0.15, -0.1) is 0 Å². The first kappa shape index (κ1) is 24.6. The summed E-state index contributed by atoms with van der Waals surface area (Å²) in [6, 6.07) is 16.2. The number of rotatable bonds is 6. The molecule has 6 heteroatoms. The van der Waals surface area contributed by atoms with E-state index in [-0.39, 0.29) is 10.7 Å². The van der Waals surface area contributed by atoms with Gasteiger partial charge in [-0.2, -0.15) is 0 Å². The van der Waals surface area contributed by atoms with Crippen LogP contribution in [0.25, 0.3) is 11.8 Å². The van der Waals surface area contributed by atoms with Crippen molar-refractivity contribution < 1.29 is 9.59 Å². The zero-order chi connectivity index (χ0) is 25.3. The summed E-state index contributed by atoms with van der Waals surface area (Å²) >= 11 is 5.36. The van der Waals surface area contributed by atoms with Crippen molar-refractivity contribution in [2.24, 2.45) is 0 Å². The third-order valence-corrected chi connectivity index (χ3v) is 6.63. The number of aromatic nitrogens is 1. The van der Waals surface area contributed by atoms with Gasteiger partial charge in [0.15, 0.2) is 5.11 Å². The van der Waals surface area contributed by atoms with Crippen LogP contribution in [0.1, 0.15) is 53.4 Å². The van der Waals surface area contributed by atoms with Crippen molar-refractivity contribution in [1.29, 1.82) is 0 Å². The number of amides is 2. The molecule has 180 valence electrons. The van der Waals surface area contributed by atoms with E-state index >= 15 is 0 Å². The van der Waals surface area contributed by atoms with E-state index in [1.54, 1.807) is 6.08 Å². The molecule has 1 N–H and O–H groups in total. The van der Waals surface area contributed by atoms with Crippen molar-refractivity contribution in [2.45, 2.75) is 53.9 Å². The molecular formula is C29H31N3O2S. The Morgan fingerprint density at radius 3 is 2.20 bits per heavy atom. The normalized spacial score (nSPS) is 15.2. The molecule has 0 unspecified atom stereocenters. The number of carbonyl (C=O) groups excluding carboxylic acids is 2. The number of hydrogen-bond acceptors (Lipinski definition) is 3. The van der Waals surface area contributed by atoms with Gasteiger partial charge in [0, 0.05) is 17.1 Å². The fourth-order valence-corrected chi connectivity index (χ4v) is 4.93. The summed E-state index contributed by atoms with van der Waals surface area (Å²) in [5.74, 6) is -0.900. The molecule has 0 spiro atoms. The van der Waals surface area contributed by atoms with Crippen LogP contribution in [0.15, 0.2) is 54.1 Å². The van der Waals surface area contributed by atoms with Gasteiger partial charge in [0.1, 0.15) is 5.57 Å². The lowest BCUT2D eigenvalue weighted by Crippen LogP contribution is -2.54. The van der Waals surface area contributed by atoms with E-state index in [1.807, 2.05) is 44.2 Å². The fourth-order valence-electron chi connectivity index (χ4n) is 4.65. The minimum absolute atomic E-state index is 0.0642. The lowest BCUT2D eigenvalue weighted by molar-refractivity contribution is -0.122. The highest BCUT2D eigenvalue weighted by atomic mass is 32.1. The van der Waals surface area contributed by atoms with Crippen molar-refractivity contribution >= 4 is 40.9 Å². The van der Waals surface area contributed by atoms with Crippen LogP contribution in [0, 0.1) is 27.7 Å². The zero-order valence-electron chi connectivity index (χ0n) is 20.9. The Labute approximate surface area is 212 Å². The number of nitrogens with one attached hydrogen (secondary N) is 1. The van der Waals surface area contributed by atoms with Crippen LogP contribution in [0.3, 0.4) is 0 Å². The fraction of sp³-hybridized carbons (Fsp3) is 0.276. The van der Waals surface area contributed by atoms with Crippen molar-refractivity contribution in [2.75, 3.05) is 4.90 Å². The summed E-state index contributed by atoms with van der Waals surface area (Å²) in [5.41, 5.74) is 8.15. The molecule has 1 saturated heterocycles. The smallest absolute Gasteiger partial charge is 0.270 e. The minimum atomic E-state index is -0.480. The summed E-state index contributed by atoms with van der Waals surface area (Å²) < 4.78 is 2.15. The number of aryl methyl sites for hydroxylation is 4. The average Bonchev–Trinajstić information content (AvgIpc) is 3.08. The van der Waals surface area contributed by atoms with E-state index in [0.29, 0.717) is 5.69 Å². The predicted molar refractivity (Wildman–Crippen MR) is 146 cm³/mol. The van der Waals surface area contributed by atoms with E-state index in [0.717, 1.165) is 41.9 Å². The second kappa shape index (κ2) is 10.0. The van der Waals surface area contributed by atoms with E-state index in [1.165, 1.54) is 21.6 Å². The molecule has 1 aliphatic heterocycles. The van der Waals surface area contributed by atoms with Crippen LogP contribution in [0.2, 0.25) is 0 Å². The van der Waals surface area contributed by atoms with E-state index in [4.69, 9.17) is 12.2 Å². The van der Waals surface area contributed by atoms with Crippen LogP contribution in [0.5, 0.6) is 0 Å². The Bertz CT molecular complexity index is 1330. The first-order valence-corrected chi connectivity index (χ1v) is 12.4. The van der Waals surface area contributed by atoms with E-state index < -0.39 is 11.8 Å². The molecule has 0 bridgehead atoms. The molecule has 0 radical (unpaired) electrons. The maximum Gasteiger partial charge on any atom is 0.270 e. The molecule has 4 rings (SSSR count). The first-order valence-electron chi connectivity index (χ1n) is 12.0. The molecule has 1 fully saturated rings. The molecule has 3 aromatic rings. The van der Waals surface area contributed by atoms with Crippen LogP contribution in [0.4, 0.5) is 5.69 Å². The van der Waals surface area contributed by atoms with Gasteiger partial charge >= 0.3 is 0 Å². The number of anilines is 1. The highest BCUT2D eigenvalue weighted by Gasteiger charge is 2.34. The SMILES string of the molecule is CCCCc1ccc(N2C(=O)/C(=C/c3cc(C)n(-c4cc(C)cc(C)c4)c3C)C(=O)NC2=S)cc1. The maximum atomic E-state index is 13.5. The van der Waals surface area contributed by atoms with Gasteiger partial charge in [0.05, 0.1) is 5.69 Å². The first-order chi connectivity index (χ1) is 16.7. The number of nitrogens with zero attached hydrogens (tertiary/aromatic N) is 2. The molecule has 2 heterocycles. The van der Waals surface area contributed by atoms with Crippen molar-refractivity contribution in [1.82, 2.24) is 9.88 Å². The van der Waals surface area contributed by atoms with Gasteiger partial charge in [-0.25, -0.2) is 0 Å². The minimum Gasteiger partial charge on any atom is -0.318 e. The van der Waals surface area contributed by atoms with Crippen LogP contribution < -0.4 is 10.2 Å². The summed E-state index contributed by atoms with van der Waals surface area (Å²) in [6.45, 7) is 10.3. The van der Waals surface area contributed by atoms with E-state index in [2.05, 4.69) is 48.9 Å². The molecule has 1 aliphatic rings. The Hall–Kier alpha value is -3.51. The summed E-state index contributed by atoms with van der Waals surface area (Å²) in [5, 5.41) is 2.78. The third kappa shape index (κ3) is 4.98. The van der Waals surface area contributed by atoms with Gasteiger partial charge in [0.2, 0.25) is 0 Å². The zero-order valence-corrected chi connectivity index (χ0v) is 21.8. The lowest BCUT2D eigenvalue weighted by atomic mass is 10.1. The quantitative estimate of drug-likeness (QED) is 0.269. The molecule has 0 aliphatic carbocycles. The van der Waals surface area contributed by atoms with Crippen molar-refractivity contribution in [3.63, 3.8) is 0 Å². The number of benzene rings is 2. The number of carbonyl (C=O) groups is 2. The van der Waals surface area contributed by atoms with Crippen LogP contribution >= 0.6 is 12.2 Å². The Morgan fingerprint density at radius 1 is 0.914 bits per heavy atom. The molecule has 1 aromatic heterocycles. The molecule has 0 saturated carbocycles. The highest BCUT2D eigenvalue weighted by Crippen LogP contribution is 2.27. The molecule has 2 aromatic carbocycles. The molecule has 35 heavy (non-hydrogen) atoms. The van der Waals surface area contributed by atoms with Crippen LogP contribution in [-0.4, -0.2) is 21.5 Å². The number of hydrogen-bond donors (Lipinski definition) is 1. The maximum absolute atomic E-state index is 13.5. The number of unbranched alkanes of at least 4 members (excludes halogenated alkanes) is 1. The summed E-state index contributed by atoms with van der Waals surface area (Å²) in [4.78, 5) is 27.7. The highest BCUT2D eigenvalue weighted by molar-refractivity contribution is 7.80. The van der Waals surface area contributed by atoms with Gasteiger partial charge in [-0.05, 0) is 111 Å². The Balaban J connectivity index is 1.70. The van der Waals surface area contributed by atoms with Gasteiger partial charge < -0.3 is 4.57 Å². The van der Waals surface area contributed by atoms with Crippen molar-refractivity contribution in [3.8, 4) is 5.69 Å². The number of thiocarbonyl (C=S) groups is 1. The second-order valence-electron chi connectivity index (χ2n) is 9.24. The van der Waals surface area contributed by atoms with Gasteiger partial charge in [-0.1, -0.05) is 31.5 Å². The Kier molecular flexibility index (Phi) is 7.03. The molecule has 0 atom stereocenters. The van der Waals surface area contributed by atoms with Crippen LogP contribution in [-0.2, 0) is 16.0 Å². The molecular weight excluding hydrogens is 454 g/mol. The predicted octanol–water partition coefficient (Wildman–Crippen LogP) is 5.88. The monoisotopic (exact) mass is 485 g/mol. The lowest BCUT2D eigenvalue weighted by Gasteiger charge is -2.29. The summed E-state index contributed by atoms with van der Waals surface area (Å²) in [7, 11) is 0. The van der Waals surface area contributed by atoms with Crippen molar-refractivity contribution in [3.05, 3.63) is 87.7 Å². The second-order valence-corrected chi connectivity index (χ2v) is 9.62. The third-order valence-electron chi connectivity index (χ3n) is 6.35. The Morgan fingerprint density at radius 2 is 1.57 bits per heavy atom.